The molecule has 24 heavy (non-hydrogen) atoms. The van der Waals surface area contributed by atoms with E-state index in [2.05, 4.69) is 68.3 Å². The van der Waals surface area contributed by atoms with Crippen LogP contribution in [0.5, 0.6) is 0 Å². The molecule has 1 aromatic heterocycles. The summed E-state index contributed by atoms with van der Waals surface area (Å²) in [5.74, 6) is 1.46. The zero-order chi connectivity index (χ0) is 16.7. The second-order valence-corrected chi connectivity index (χ2v) is 7.26. The number of nitrogens with one attached hydrogen (secondary N) is 1. The van der Waals surface area contributed by atoms with Crippen LogP contribution in [0.2, 0.25) is 5.02 Å². The molecule has 0 saturated heterocycles. The number of aromatic nitrogens is 3. The maximum Gasteiger partial charge on any atom is 0.226 e. The third-order valence-electron chi connectivity index (χ3n) is 3.95. The second kappa shape index (κ2) is 6.22. The third-order valence-corrected chi connectivity index (χ3v) is 5.01. The van der Waals surface area contributed by atoms with E-state index >= 15 is 0 Å². The Morgan fingerprint density at radius 1 is 1.12 bits per heavy atom. The summed E-state index contributed by atoms with van der Waals surface area (Å²) in [5, 5.41) is 8.63. The molecule has 0 radical (unpaired) electrons. The molecule has 2 aromatic carbocycles. The molecule has 4 rings (SSSR count). The molecule has 1 N–H and O–H groups in total. The number of fused-ring (bicyclic) bond motifs is 1. The highest BCUT2D eigenvalue weighted by Gasteiger charge is 2.25. The maximum absolute atomic E-state index is 6.43. The molecular formula is C18H14ClIN4. The van der Waals surface area contributed by atoms with Gasteiger partial charge >= 0.3 is 0 Å². The van der Waals surface area contributed by atoms with Crippen molar-refractivity contribution in [2.24, 2.45) is 0 Å². The Balaban J connectivity index is 1.85. The van der Waals surface area contributed by atoms with Gasteiger partial charge in [0.05, 0.1) is 0 Å². The van der Waals surface area contributed by atoms with E-state index in [-0.39, 0.29) is 6.04 Å². The van der Waals surface area contributed by atoms with Crippen molar-refractivity contribution in [2.75, 3.05) is 5.32 Å². The molecule has 3 aromatic rings. The summed E-state index contributed by atoms with van der Waals surface area (Å²) < 4.78 is 3.08. The third kappa shape index (κ3) is 2.82. The smallest absolute Gasteiger partial charge is 0.226 e. The minimum Gasteiger partial charge on any atom is -0.324 e. The standard InChI is InChI=1S/C18H14ClIN4/c1-11-21-18-22-16(12-6-8-13(20)9-7-12)10-17(24(18)23-11)14-4-2-3-5-15(14)19/h2-10,17H,1H3,(H,21,22,23). The molecule has 2 heterocycles. The van der Waals surface area contributed by atoms with Crippen LogP contribution in [-0.2, 0) is 0 Å². The average molecular weight is 449 g/mol. The van der Waals surface area contributed by atoms with Crippen molar-refractivity contribution in [3.8, 4) is 0 Å². The minimum absolute atomic E-state index is 0.0922. The van der Waals surface area contributed by atoms with Gasteiger partial charge in [0.15, 0.2) is 0 Å². The number of benzene rings is 2. The number of hydrogen-bond donors (Lipinski definition) is 1. The van der Waals surface area contributed by atoms with Crippen molar-refractivity contribution in [1.82, 2.24) is 14.8 Å². The molecule has 6 heteroatoms. The largest absolute Gasteiger partial charge is 0.324 e. The van der Waals surface area contributed by atoms with Gasteiger partial charge < -0.3 is 5.32 Å². The molecule has 4 nitrogen and oxygen atoms in total. The normalized spacial score (nSPS) is 16.3. The van der Waals surface area contributed by atoms with E-state index in [9.17, 15) is 0 Å². The first-order valence-corrected chi connectivity index (χ1v) is 9.00. The van der Waals surface area contributed by atoms with Crippen molar-refractivity contribution >= 4 is 45.8 Å². The van der Waals surface area contributed by atoms with E-state index in [0.29, 0.717) is 0 Å². The van der Waals surface area contributed by atoms with Gasteiger partial charge in [-0.2, -0.15) is 10.1 Å². The highest BCUT2D eigenvalue weighted by molar-refractivity contribution is 14.1. The van der Waals surface area contributed by atoms with Crippen LogP contribution in [-0.4, -0.2) is 14.8 Å². The van der Waals surface area contributed by atoms with E-state index in [1.54, 1.807) is 0 Å². The Labute approximate surface area is 158 Å². The number of anilines is 1. The summed E-state index contributed by atoms with van der Waals surface area (Å²) >= 11 is 8.74. The molecule has 0 aliphatic carbocycles. The van der Waals surface area contributed by atoms with E-state index < -0.39 is 0 Å². The van der Waals surface area contributed by atoms with Crippen LogP contribution in [0.4, 0.5) is 5.95 Å². The molecule has 1 aliphatic heterocycles. The van der Waals surface area contributed by atoms with Crippen LogP contribution in [0, 0.1) is 10.5 Å². The lowest BCUT2D eigenvalue weighted by Gasteiger charge is -2.25. The first kappa shape index (κ1) is 15.7. The van der Waals surface area contributed by atoms with E-state index in [0.717, 1.165) is 33.6 Å². The SMILES string of the molecule is Cc1nc2n(n1)C(c1ccccc1Cl)C=C(c1ccc(I)cc1)N2. The van der Waals surface area contributed by atoms with Crippen LogP contribution in [0.1, 0.15) is 23.0 Å². The summed E-state index contributed by atoms with van der Waals surface area (Å²) in [4.78, 5) is 4.51. The zero-order valence-electron chi connectivity index (χ0n) is 12.9. The van der Waals surface area contributed by atoms with Gasteiger partial charge in [0.2, 0.25) is 5.95 Å². The molecule has 120 valence electrons. The van der Waals surface area contributed by atoms with Gasteiger partial charge in [-0.25, -0.2) is 4.68 Å². The van der Waals surface area contributed by atoms with E-state index in [4.69, 9.17) is 11.6 Å². The van der Waals surface area contributed by atoms with Gasteiger partial charge in [0, 0.05) is 14.3 Å². The van der Waals surface area contributed by atoms with Crippen molar-refractivity contribution in [3.63, 3.8) is 0 Å². The Morgan fingerprint density at radius 3 is 2.62 bits per heavy atom. The van der Waals surface area contributed by atoms with E-state index in [1.807, 2.05) is 35.9 Å². The number of allylic oxidation sites excluding steroid dienone is 1. The van der Waals surface area contributed by atoms with Gasteiger partial charge in [0.1, 0.15) is 11.9 Å². The molecule has 1 atom stereocenters. The average Bonchev–Trinajstić information content (AvgIpc) is 2.95. The Hall–Kier alpha value is -1.86. The number of hydrogen-bond acceptors (Lipinski definition) is 3. The fourth-order valence-corrected chi connectivity index (χ4v) is 3.44. The first-order chi connectivity index (χ1) is 11.6. The predicted molar refractivity (Wildman–Crippen MR) is 105 cm³/mol. The molecule has 0 amide bonds. The Kier molecular flexibility index (Phi) is 4.05. The zero-order valence-corrected chi connectivity index (χ0v) is 15.8. The molecule has 0 saturated carbocycles. The van der Waals surface area contributed by atoms with Crippen molar-refractivity contribution in [3.05, 3.63) is 80.2 Å². The highest BCUT2D eigenvalue weighted by Crippen LogP contribution is 2.35. The first-order valence-electron chi connectivity index (χ1n) is 7.54. The molecule has 0 bridgehead atoms. The fraction of sp³-hybridized carbons (Fsp3) is 0.111. The number of rotatable bonds is 2. The molecule has 1 aliphatic rings. The van der Waals surface area contributed by atoms with Gasteiger partial charge in [-0.1, -0.05) is 41.9 Å². The number of halogens is 2. The van der Waals surface area contributed by atoms with Crippen LogP contribution < -0.4 is 5.32 Å². The second-order valence-electron chi connectivity index (χ2n) is 5.61. The maximum atomic E-state index is 6.43. The lowest BCUT2D eigenvalue weighted by Crippen LogP contribution is -2.20. The minimum atomic E-state index is -0.0922. The van der Waals surface area contributed by atoms with Gasteiger partial charge in [0.25, 0.3) is 0 Å². The highest BCUT2D eigenvalue weighted by atomic mass is 127. The van der Waals surface area contributed by atoms with Crippen LogP contribution in [0.15, 0.2) is 54.6 Å². The monoisotopic (exact) mass is 448 g/mol. The summed E-state index contributed by atoms with van der Waals surface area (Å²) in [6, 6.07) is 16.1. The summed E-state index contributed by atoms with van der Waals surface area (Å²) in [7, 11) is 0. The van der Waals surface area contributed by atoms with Crippen LogP contribution in [0.25, 0.3) is 5.70 Å². The topological polar surface area (TPSA) is 42.7 Å². The van der Waals surface area contributed by atoms with Crippen LogP contribution >= 0.6 is 34.2 Å². The van der Waals surface area contributed by atoms with Crippen molar-refractivity contribution < 1.29 is 0 Å². The van der Waals surface area contributed by atoms with E-state index in [1.165, 1.54) is 3.57 Å². The van der Waals surface area contributed by atoms with Gasteiger partial charge in [-0.05, 0) is 64.9 Å². The molecular weight excluding hydrogens is 435 g/mol. The summed E-state index contributed by atoms with van der Waals surface area (Å²) in [5.41, 5.74) is 3.13. The predicted octanol–water partition coefficient (Wildman–Crippen LogP) is 4.90. The quantitative estimate of drug-likeness (QED) is 0.567. The molecule has 1 unspecified atom stereocenters. The van der Waals surface area contributed by atoms with Gasteiger partial charge in [-0.3, -0.25) is 0 Å². The van der Waals surface area contributed by atoms with Crippen molar-refractivity contribution in [1.29, 1.82) is 0 Å². The number of nitrogens with zero attached hydrogens (tertiary/aromatic N) is 3. The lowest BCUT2D eigenvalue weighted by atomic mass is 10.0. The summed E-state index contributed by atoms with van der Waals surface area (Å²) in [6.45, 7) is 1.89. The Bertz CT molecular complexity index is 930. The molecule has 0 spiro atoms. The van der Waals surface area contributed by atoms with Crippen LogP contribution in [0.3, 0.4) is 0 Å². The lowest BCUT2D eigenvalue weighted by molar-refractivity contribution is 0.607. The number of aryl methyl sites for hydroxylation is 1. The molecule has 0 fully saturated rings. The fourth-order valence-electron chi connectivity index (χ4n) is 2.83. The summed E-state index contributed by atoms with van der Waals surface area (Å²) in [6.07, 6.45) is 2.14. The van der Waals surface area contributed by atoms with Gasteiger partial charge in [-0.15, -0.1) is 0 Å². The Morgan fingerprint density at radius 2 is 1.88 bits per heavy atom. The van der Waals surface area contributed by atoms with Crippen molar-refractivity contribution in [2.45, 2.75) is 13.0 Å².